The van der Waals surface area contributed by atoms with Crippen molar-refractivity contribution in [2.24, 2.45) is 0 Å². The Balaban J connectivity index is 1.82. The molecule has 3 aromatic carbocycles. The van der Waals surface area contributed by atoms with Gasteiger partial charge >= 0.3 is 0 Å². The van der Waals surface area contributed by atoms with Crippen molar-refractivity contribution in [3.05, 3.63) is 84.9 Å². The summed E-state index contributed by atoms with van der Waals surface area (Å²) >= 11 is 0. The van der Waals surface area contributed by atoms with E-state index < -0.39 is 0 Å². The number of aromatic nitrogens is 1. The molecule has 1 heterocycles. The Morgan fingerprint density at radius 1 is 0.800 bits per heavy atom. The number of para-hydroxylation sites is 2. The average molecular weight is 326 g/mol. The zero-order valence-corrected chi connectivity index (χ0v) is 13.9. The van der Waals surface area contributed by atoms with Crippen LogP contribution in [-0.2, 0) is 0 Å². The van der Waals surface area contributed by atoms with Gasteiger partial charge in [0, 0.05) is 16.6 Å². The monoisotopic (exact) mass is 326 g/mol. The van der Waals surface area contributed by atoms with Crippen molar-refractivity contribution in [3.8, 4) is 17.0 Å². The summed E-state index contributed by atoms with van der Waals surface area (Å²) in [6.45, 7) is 0. The lowest BCUT2D eigenvalue weighted by atomic mass is 10.1. The third kappa shape index (κ3) is 3.17. The topological polar surface area (TPSA) is 34.1 Å². The molecule has 0 fully saturated rings. The fourth-order valence-corrected chi connectivity index (χ4v) is 2.87. The zero-order chi connectivity index (χ0) is 17.1. The molecule has 0 saturated heterocycles. The van der Waals surface area contributed by atoms with Gasteiger partial charge in [-0.15, -0.1) is 0 Å². The largest absolute Gasteiger partial charge is 0.497 e. The van der Waals surface area contributed by atoms with Gasteiger partial charge in [0.25, 0.3) is 0 Å². The van der Waals surface area contributed by atoms with E-state index in [2.05, 4.69) is 29.6 Å². The maximum Gasteiger partial charge on any atom is 0.118 e. The highest BCUT2D eigenvalue weighted by molar-refractivity contribution is 5.95. The molecule has 0 amide bonds. The summed E-state index contributed by atoms with van der Waals surface area (Å²) < 4.78 is 5.25. The van der Waals surface area contributed by atoms with Crippen molar-refractivity contribution in [2.45, 2.75) is 0 Å². The molecule has 0 bridgehead atoms. The highest BCUT2D eigenvalue weighted by atomic mass is 16.5. The number of nitrogens with one attached hydrogen (secondary N) is 1. The van der Waals surface area contributed by atoms with Crippen LogP contribution in [0.4, 0.5) is 11.4 Å². The van der Waals surface area contributed by atoms with E-state index in [1.807, 2.05) is 60.7 Å². The lowest BCUT2D eigenvalue weighted by Crippen LogP contribution is -1.95. The molecule has 0 aliphatic rings. The molecule has 0 radical (unpaired) electrons. The molecule has 122 valence electrons. The predicted octanol–water partition coefficient (Wildman–Crippen LogP) is 5.65. The zero-order valence-electron chi connectivity index (χ0n) is 13.9. The van der Waals surface area contributed by atoms with Crippen LogP contribution in [0.1, 0.15) is 0 Å². The lowest BCUT2D eigenvalue weighted by Gasteiger charge is -2.12. The lowest BCUT2D eigenvalue weighted by molar-refractivity contribution is 0.415. The summed E-state index contributed by atoms with van der Waals surface area (Å²) in [4.78, 5) is 4.82. The van der Waals surface area contributed by atoms with Gasteiger partial charge in [0.1, 0.15) is 5.75 Å². The Bertz CT molecular complexity index is 995. The Kier molecular flexibility index (Phi) is 4.05. The molecule has 0 spiro atoms. The minimum Gasteiger partial charge on any atom is -0.497 e. The summed E-state index contributed by atoms with van der Waals surface area (Å²) in [5.74, 6) is 0.840. The molecule has 0 unspecified atom stereocenters. The van der Waals surface area contributed by atoms with Crippen LogP contribution in [0.15, 0.2) is 84.9 Å². The van der Waals surface area contributed by atoms with Gasteiger partial charge in [-0.2, -0.15) is 0 Å². The Morgan fingerprint density at radius 2 is 1.52 bits per heavy atom. The highest BCUT2D eigenvalue weighted by Crippen LogP contribution is 2.31. The van der Waals surface area contributed by atoms with Gasteiger partial charge in [0.2, 0.25) is 0 Å². The van der Waals surface area contributed by atoms with Crippen molar-refractivity contribution in [3.63, 3.8) is 0 Å². The Labute approximate surface area is 146 Å². The second-order valence-corrected chi connectivity index (χ2v) is 5.79. The highest BCUT2D eigenvalue weighted by Gasteiger charge is 2.08. The van der Waals surface area contributed by atoms with Crippen LogP contribution in [-0.4, -0.2) is 12.1 Å². The summed E-state index contributed by atoms with van der Waals surface area (Å²) in [6, 6.07) is 28.4. The summed E-state index contributed by atoms with van der Waals surface area (Å²) in [7, 11) is 1.67. The summed E-state index contributed by atoms with van der Waals surface area (Å²) in [5.41, 5.74) is 5.05. The Hall–Kier alpha value is -3.33. The van der Waals surface area contributed by atoms with E-state index in [-0.39, 0.29) is 0 Å². The maximum atomic E-state index is 5.25. The minimum atomic E-state index is 0.840. The van der Waals surface area contributed by atoms with Gasteiger partial charge < -0.3 is 10.1 Å². The van der Waals surface area contributed by atoms with E-state index in [0.29, 0.717) is 0 Å². The third-order valence-corrected chi connectivity index (χ3v) is 4.15. The van der Waals surface area contributed by atoms with E-state index in [4.69, 9.17) is 9.72 Å². The van der Waals surface area contributed by atoms with Crippen molar-refractivity contribution in [1.82, 2.24) is 4.98 Å². The Morgan fingerprint density at radius 3 is 2.28 bits per heavy atom. The number of hydrogen-bond donors (Lipinski definition) is 1. The van der Waals surface area contributed by atoms with Crippen molar-refractivity contribution in [1.29, 1.82) is 0 Å². The van der Waals surface area contributed by atoms with Crippen LogP contribution in [0.25, 0.3) is 22.2 Å². The van der Waals surface area contributed by atoms with Gasteiger partial charge in [0.05, 0.1) is 24.0 Å². The quantitative estimate of drug-likeness (QED) is 0.526. The smallest absolute Gasteiger partial charge is 0.118 e. The van der Waals surface area contributed by atoms with Crippen LogP contribution >= 0.6 is 0 Å². The maximum absolute atomic E-state index is 5.25. The molecule has 4 aromatic rings. The van der Waals surface area contributed by atoms with E-state index in [1.54, 1.807) is 7.11 Å². The molecule has 0 aliphatic carbocycles. The van der Waals surface area contributed by atoms with E-state index in [1.165, 1.54) is 0 Å². The van der Waals surface area contributed by atoms with E-state index in [0.717, 1.165) is 39.3 Å². The second-order valence-electron chi connectivity index (χ2n) is 5.79. The molecule has 0 aliphatic heterocycles. The number of benzene rings is 3. The SMILES string of the molecule is COc1ccc(-c2cc(Nc3ccccc3)c3ccccc3n2)cc1. The summed E-state index contributed by atoms with van der Waals surface area (Å²) in [6.07, 6.45) is 0. The van der Waals surface area contributed by atoms with Crippen molar-refractivity contribution < 1.29 is 4.74 Å². The molecule has 3 nitrogen and oxygen atoms in total. The number of rotatable bonds is 4. The molecular weight excluding hydrogens is 308 g/mol. The van der Waals surface area contributed by atoms with Crippen molar-refractivity contribution in [2.75, 3.05) is 12.4 Å². The van der Waals surface area contributed by atoms with Crippen LogP contribution < -0.4 is 10.1 Å². The molecular formula is C22H18N2O. The fraction of sp³-hybridized carbons (Fsp3) is 0.0455. The van der Waals surface area contributed by atoms with Gasteiger partial charge in [-0.05, 0) is 48.5 Å². The standard InChI is InChI=1S/C22H18N2O/c1-25-18-13-11-16(12-14-18)21-15-22(23-17-7-3-2-4-8-17)19-9-5-6-10-20(19)24-21/h2-15H,1H3,(H,23,24). The molecule has 0 atom stereocenters. The summed E-state index contributed by atoms with van der Waals surface area (Å²) in [5, 5.41) is 4.62. The minimum absolute atomic E-state index is 0.840. The van der Waals surface area contributed by atoms with Gasteiger partial charge in [0.15, 0.2) is 0 Å². The molecule has 0 saturated carbocycles. The van der Waals surface area contributed by atoms with Gasteiger partial charge in [-0.3, -0.25) is 0 Å². The average Bonchev–Trinajstić information content (AvgIpc) is 2.69. The fourth-order valence-electron chi connectivity index (χ4n) is 2.87. The molecule has 1 N–H and O–H groups in total. The number of fused-ring (bicyclic) bond motifs is 1. The van der Waals surface area contributed by atoms with Crippen LogP contribution in [0, 0.1) is 0 Å². The molecule has 3 heteroatoms. The number of nitrogens with zero attached hydrogens (tertiary/aromatic N) is 1. The van der Waals surface area contributed by atoms with E-state index >= 15 is 0 Å². The van der Waals surface area contributed by atoms with Crippen LogP contribution in [0.2, 0.25) is 0 Å². The number of methoxy groups -OCH3 is 1. The van der Waals surface area contributed by atoms with Gasteiger partial charge in [-0.1, -0.05) is 36.4 Å². The van der Waals surface area contributed by atoms with Crippen LogP contribution in [0.3, 0.4) is 0 Å². The second kappa shape index (κ2) is 6.65. The van der Waals surface area contributed by atoms with Crippen molar-refractivity contribution >= 4 is 22.3 Å². The first kappa shape index (κ1) is 15.2. The third-order valence-electron chi connectivity index (χ3n) is 4.15. The van der Waals surface area contributed by atoms with E-state index in [9.17, 15) is 0 Å². The van der Waals surface area contributed by atoms with Gasteiger partial charge in [-0.25, -0.2) is 4.98 Å². The van der Waals surface area contributed by atoms with Crippen LogP contribution in [0.5, 0.6) is 5.75 Å². The number of anilines is 2. The first-order chi connectivity index (χ1) is 12.3. The number of pyridine rings is 1. The molecule has 1 aromatic heterocycles. The predicted molar refractivity (Wildman–Crippen MR) is 103 cm³/mol. The first-order valence-corrected chi connectivity index (χ1v) is 8.20. The first-order valence-electron chi connectivity index (χ1n) is 8.20. The number of ether oxygens (including phenoxy) is 1. The number of hydrogen-bond acceptors (Lipinski definition) is 3. The normalized spacial score (nSPS) is 10.6. The molecule has 25 heavy (non-hydrogen) atoms. The molecule has 4 rings (SSSR count).